The van der Waals surface area contributed by atoms with Gasteiger partial charge < -0.3 is 14.8 Å². The number of hydrogen-bond acceptors (Lipinski definition) is 5. The Kier molecular flexibility index (Phi) is 3.98. The molecular weight excluding hydrogens is 288 g/mol. The standard InChI is InChI=1S/C15H14N2O3S/c18-11(12-5-3-9-20-12)7-8-16-14(19)15-17-10-4-1-2-6-13(10)21-15/h1-6,9,11,18H,7-8H2,(H,16,19)/t11-/m1/s1. The number of rotatable bonds is 5. The van der Waals surface area contributed by atoms with Gasteiger partial charge in [-0.15, -0.1) is 11.3 Å². The molecule has 0 aliphatic heterocycles. The molecule has 0 saturated heterocycles. The quantitative estimate of drug-likeness (QED) is 0.760. The van der Waals surface area contributed by atoms with Crippen LogP contribution < -0.4 is 5.32 Å². The molecule has 0 aliphatic carbocycles. The number of furan rings is 1. The molecule has 0 aliphatic rings. The molecule has 2 N–H and O–H groups in total. The van der Waals surface area contributed by atoms with Crippen molar-refractivity contribution in [1.82, 2.24) is 10.3 Å². The molecule has 0 saturated carbocycles. The van der Waals surface area contributed by atoms with Crippen LogP contribution in [0, 0.1) is 0 Å². The largest absolute Gasteiger partial charge is 0.467 e. The molecule has 1 amide bonds. The van der Waals surface area contributed by atoms with Crippen LogP contribution in [-0.4, -0.2) is 22.5 Å². The minimum absolute atomic E-state index is 0.220. The van der Waals surface area contributed by atoms with Crippen LogP contribution in [0.2, 0.25) is 0 Å². The number of thiazole rings is 1. The Hall–Kier alpha value is -2.18. The second-order valence-corrected chi connectivity index (χ2v) is 5.59. The third kappa shape index (κ3) is 3.12. The van der Waals surface area contributed by atoms with Crippen LogP contribution in [0.4, 0.5) is 0 Å². The number of aliphatic hydroxyl groups is 1. The van der Waals surface area contributed by atoms with Gasteiger partial charge in [0.1, 0.15) is 11.9 Å². The maximum absolute atomic E-state index is 12.0. The van der Waals surface area contributed by atoms with Crippen LogP contribution in [0.1, 0.15) is 28.1 Å². The summed E-state index contributed by atoms with van der Waals surface area (Å²) in [6.07, 6.45) is 1.19. The van der Waals surface area contributed by atoms with Crippen molar-refractivity contribution in [2.45, 2.75) is 12.5 Å². The molecule has 1 aromatic carbocycles. The first-order valence-electron chi connectivity index (χ1n) is 6.59. The topological polar surface area (TPSA) is 75.4 Å². The highest BCUT2D eigenvalue weighted by atomic mass is 32.1. The number of nitrogens with zero attached hydrogens (tertiary/aromatic N) is 1. The van der Waals surface area contributed by atoms with Gasteiger partial charge >= 0.3 is 0 Å². The Morgan fingerprint density at radius 3 is 2.95 bits per heavy atom. The number of nitrogens with one attached hydrogen (secondary N) is 1. The van der Waals surface area contributed by atoms with Gasteiger partial charge in [0, 0.05) is 6.54 Å². The Labute approximate surface area is 125 Å². The summed E-state index contributed by atoms with van der Waals surface area (Å²) in [6.45, 7) is 0.358. The molecule has 5 nitrogen and oxygen atoms in total. The van der Waals surface area contributed by atoms with Crippen molar-refractivity contribution in [1.29, 1.82) is 0 Å². The van der Waals surface area contributed by atoms with Gasteiger partial charge in [0.05, 0.1) is 16.5 Å². The number of carbonyl (C=O) groups is 1. The zero-order valence-electron chi connectivity index (χ0n) is 11.2. The zero-order chi connectivity index (χ0) is 14.7. The fourth-order valence-corrected chi connectivity index (χ4v) is 2.87. The zero-order valence-corrected chi connectivity index (χ0v) is 12.0. The Bertz CT molecular complexity index is 703. The summed E-state index contributed by atoms with van der Waals surface area (Å²) in [4.78, 5) is 16.3. The van der Waals surface area contributed by atoms with Gasteiger partial charge in [0.15, 0.2) is 5.01 Å². The second kappa shape index (κ2) is 6.07. The lowest BCUT2D eigenvalue weighted by atomic mass is 10.2. The lowest BCUT2D eigenvalue weighted by molar-refractivity contribution is 0.0936. The van der Waals surface area contributed by atoms with Crippen molar-refractivity contribution in [2.24, 2.45) is 0 Å². The number of aromatic nitrogens is 1. The van der Waals surface area contributed by atoms with E-state index in [-0.39, 0.29) is 5.91 Å². The first kappa shape index (κ1) is 13.8. The molecular formula is C15H14N2O3S. The van der Waals surface area contributed by atoms with E-state index < -0.39 is 6.10 Å². The van der Waals surface area contributed by atoms with E-state index >= 15 is 0 Å². The molecule has 21 heavy (non-hydrogen) atoms. The summed E-state index contributed by atoms with van der Waals surface area (Å²) >= 11 is 1.36. The number of carbonyl (C=O) groups excluding carboxylic acids is 1. The molecule has 2 aromatic heterocycles. The van der Waals surface area contributed by atoms with Crippen molar-refractivity contribution in [3.05, 3.63) is 53.4 Å². The number of aliphatic hydroxyl groups excluding tert-OH is 1. The van der Waals surface area contributed by atoms with Gasteiger partial charge in [-0.05, 0) is 30.7 Å². The van der Waals surface area contributed by atoms with E-state index in [2.05, 4.69) is 10.3 Å². The van der Waals surface area contributed by atoms with Crippen LogP contribution in [0.15, 0.2) is 47.1 Å². The van der Waals surface area contributed by atoms with E-state index in [0.717, 1.165) is 10.2 Å². The first-order valence-corrected chi connectivity index (χ1v) is 7.41. The molecule has 6 heteroatoms. The predicted molar refractivity (Wildman–Crippen MR) is 80.2 cm³/mol. The fraction of sp³-hybridized carbons (Fsp3) is 0.200. The maximum Gasteiger partial charge on any atom is 0.280 e. The van der Waals surface area contributed by atoms with E-state index in [1.165, 1.54) is 17.6 Å². The number of benzene rings is 1. The van der Waals surface area contributed by atoms with Gasteiger partial charge in [-0.1, -0.05) is 12.1 Å². The monoisotopic (exact) mass is 302 g/mol. The predicted octanol–water partition coefficient (Wildman–Crippen LogP) is 2.74. The van der Waals surface area contributed by atoms with Crippen molar-refractivity contribution in [3.8, 4) is 0 Å². The molecule has 0 spiro atoms. The number of para-hydroxylation sites is 1. The third-order valence-corrected chi connectivity index (χ3v) is 4.10. The molecule has 2 heterocycles. The average molecular weight is 302 g/mol. The lowest BCUT2D eigenvalue weighted by Gasteiger charge is -2.07. The van der Waals surface area contributed by atoms with Crippen LogP contribution in [-0.2, 0) is 0 Å². The van der Waals surface area contributed by atoms with Gasteiger partial charge in [-0.3, -0.25) is 4.79 Å². The molecule has 0 bridgehead atoms. The van der Waals surface area contributed by atoms with Crippen molar-refractivity contribution < 1.29 is 14.3 Å². The summed E-state index contributed by atoms with van der Waals surface area (Å²) in [5.41, 5.74) is 0.822. The first-order chi connectivity index (χ1) is 10.2. The highest BCUT2D eigenvalue weighted by Gasteiger charge is 2.14. The van der Waals surface area contributed by atoms with Gasteiger partial charge in [-0.2, -0.15) is 0 Å². The van der Waals surface area contributed by atoms with Gasteiger partial charge in [0.2, 0.25) is 0 Å². The van der Waals surface area contributed by atoms with Crippen LogP contribution in [0.5, 0.6) is 0 Å². The highest BCUT2D eigenvalue weighted by Crippen LogP contribution is 2.21. The Morgan fingerprint density at radius 1 is 1.33 bits per heavy atom. The number of fused-ring (bicyclic) bond motifs is 1. The average Bonchev–Trinajstić information content (AvgIpc) is 3.16. The van der Waals surface area contributed by atoms with E-state index in [0.29, 0.717) is 23.7 Å². The van der Waals surface area contributed by atoms with E-state index in [9.17, 15) is 9.90 Å². The fourth-order valence-electron chi connectivity index (χ4n) is 1.99. The van der Waals surface area contributed by atoms with Gasteiger partial charge in [0.25, 0.3) is 5.91 Å². The SMILES string of the molecule is O=C(NCC[C@@H](O)c1ccco1)c1nc2ccccc2s1. The molecule has 0 fully saturated rings. The summed E-state index contributed by atoms with van der Waals surface area (Å²) in [7, 11) is 0. The van der Waals surface area contributed by atoms with Crippen LogP contribution in [0.25, 0.3) is 10.2 Å². The summed E-state index contributed by atoms with van der Waals surface area (Å²) in [5.74, 6) is 0.284. The number of amides is 1. The highest BCUT2D eigenvalue weighted by molar-refractivity contribution is 7.20. The van der Waals surface area contributed by atoms with E-state index in [1.54, 1.807) is 12.1 Å². The van der Waals surface area contributed by atoms with Crippen molar-refractivity contribution in [2.75, 3.05) is 6.54 Å². The summed E-state index contributed by atoms with van der Waals surface area (Å²) < 4.78 is 6.09. The minimum Gasteiger partial charge on any atom is -0.467 e. The van der Waals surface area contributed by atoms with Crippen LogP contribution >= 0.6 is 11.3 Å². The normalized spacial score (nSPS) is 12.4. The van der Waals surface area contributed by atoms with Crippen molar-refractivity contribution >= 4 is 27.5 Å². The molecule has 3 aromatic rings. The maximum atomic E-state index is 12.0. The summed E-state index contributed by atoms with van der Waals surface area (Å²) in [6, 6.07) is 11.1. The molecule has 1 atom stereocenters. The molecule has 3 rings (SSSR count). The van der Waals surface area contributed by atoms with E-state index in [1.807, 2.05) is 24.3 Å². The molecule has 0 unspecified atom stereocenters. The Balaban J connectivity index is 1.56. The second-order valence-electron chi connectivity index (χ2n) is 4.56. The van der Waals surface area contributed by atoms with Gasteiger partial charge in [-0.25, -0.2) is 4.98 Å². The molecule has 108 valence electrons. The van der Waals surface area contributed by atoms with Crippen LogP contribution in [0.3, 0.4) is 0 Å². The van der Waals surface area contributed by atoms with E-state index in [4.69, 9.17) is 4.42 Å². The lowest BCUT2D eigenvalue weighted by Crippen LogP contribution is -2.25. The third-order valence-electron chi connectivity index (χ3n) is 3.06. The molecule has 0 radical (unpaired) electrons. The Morgan fingerprint density at radius 2 is 2.19 bits per heavy atom. The van der Waals surface area contributed by atoms with Crippen molar-refractivity contribution in [3.63, 3.8) is 0 Å². The number of hydrogen-bond donors (Lipinski definition) is 2. The summed E-state index contributed by atoms with van der Waals surface area (Å²) in [5, 5.41) is 13.0. The smallest absolute Gasteiger partial charge is 0.280 e. The minimum atomic E-state index is -0.712.